The van der Waals surface area contributed by atoms with Gasteiger partial charge in [-0.1, -0.05) is 25.4 Å². The number of carboxylic acid groups (broad SMARTS) is 1. The van der Waals surface area contributed by atoms with Gasteiger partial charge in [0.05, 0.1) is 5.69 Å². The molecule has 2 aromatic rings. The summed E-state index contributed by atoms with van der Waals surface area (Å²) in [4.78, 5) is 41.3. The number of aryl methyl sites for hydroxylation is 1. The molecule has 1 saturated heterocycles. The fraction of sp³-hybridized carbons (Fsp3) is 0.519. The van der Waals surface area contributed by atoms with E-state index < -0.39 is 5.82 Å². The maximum absolute atomic E-state index is 14.7. The molecule has 1 fully saturated rings. The van der Waals surface area contributed by atoms with Crippen molar-refractivity contribution < 1.29 is 19.1 Å². The van der Waals surface area contributed by atoms with E-state index in [1.807, 2.05) is 26.8 Å². The Hall–Kier alpha value is -2.91. The number of carbonyl (C=O) groups is 2. The van der Waals surface area contributed by atoms with E-state index in [-0.39, 0.29) is 41.7 Å². The second-order valence-corrected chi connectivity index (χ2v) is 10.1. The molecule has 10 heteroatoms. The highest BCUT2D eigenvalue weighted by Gasteiger charge is 2.26. The van der Waals surface area contributed by atoms with Crippen LogP contribution in [0.4, 0.5) is 10.1 Å². The Morgan fingerprint density at radius 2 is 1.92 bits per heavy atom. The highest BCUT2D eigenvalue weighted by atomic mass is 35.5. The molecule has 0 aliphatic carbocycles. The third-order valence-corrected chi connectivity index (χ3v) is 7.06. The Kier molecular flexibility index (Phi) is 11.1. The minimum Gasteiger partial charge on any atom is -0.483 e. The molecule has 2 heterocycles. The minimum atomic E-state index is -0.434. The number of amides is 1. The van der Waals surface area contributed by atoms with Gasteiger partial charge in [0.25, 0.3) is 17.9 Å². The topological polar surface area (TPSA) is 106 Å². The summed E-state index contributed by atoms with van der Waals surface area (Å²) in [6, 6.07) is 3.96. The summed E-state index contributed by atoms with van der Waals surface area (Å²) in [5, 5.41) is 10.2. The van der Waals surface area contributed by atoms with Gasteiger partial charge in [0.15, 0.2) is 0 Å². The van der Waals surface area contributed by atoms with E-state index in [2.05, 4.69) is 34.1 Å². The fourth-order valence-corrected chi connectivity index (χ4v) is 5.14. The van der Waals surface area contributed by atoms with E-state index in [1.54, 1.807) is 6.07 Å². The van der Waals surface area contributed by atoms with E-state index in [1.165, 1.54) is 6.92 Å². The van der Waals surface area contributed by atoms with Crippen LogP contribution < -0.4 is 15.8 Å². The SMILES string of the molecule is CCN(c1cc(Cl)cc(C(=O)NCc2c(C(C)C)c(F)c(C)[nH]c2=O)c1C)C1CCN(C)CC1.O=CO. The number of carbonyl (C=O) groups excluding carboxylic acids is 1. The average molecular weight is 537 g/mol. The Morgan fingerprint density at radius 3 is 2.46 bits per heavy atom. The van der Waals surface area contributed by atoms with Crippen LogP contribution in [0.25, 0.3) is 0 Å². The van der Waals surface area contributed by atoms with Crippen molar-refractivity contribution in [1.82, 2.24) is 15.2 Å². The second-order valence-electron chi connectivity index (χ2n) is 9.65. The molecule has 0 bridgehead atoms. The lowest BCUT2D eigenvalue weighted by molar-refractivity contribution is -0.122. The van der Waals surface area contributed by atoms with Crippen molar-refractivity contribution >= 4 is 29.7 Å². The Morgan fingerprint density at radius 1 is 1.32 bits per heavy atom. The molecule has 1 aliphatic rings. The van der Waals surface area contributed by atoms with Crippen LogP contribution >= 0.6 is 11.6 Å². The van der Waals surface area contributed by atoms with Gasteiger partial charge in [0.1, 0.15) is 5.82 Å². The van der Waals surface area contributed by atoms with E-state index >= 15 is 0 Å². The van der Waals surface area contributed by atoms with Crippen molar-refractivity contribution in [2.45, 2.75) is 66.0 Å². The number of H-pyrrole nitrogens is 1. The van der Waals surface area contributed by atoms with Crippen molar-refractivity contribution in [2.75, 3.05) is 31.6 Å². The number of likely N-dealkylation sites (tertiary alicyclic amines) is 1. The predicted molar refractivity (Wildman–Crippen MR) is 145 cm³/mol. The zero-order valence-corrected chi connectivity index (χ0v) is 23.2. The summed E-state index contributed by atoms with van der Waals surface area (Å²) in [7, 11) is 2.13. The van der Waals surface area contributed by atoms with Gasteiger partial charge in [0, 0.05) is 46.5 Å². The van der Waals surface area contributed by atoms with Crippen LogP contribution in [0.15, 0.2) is 16.9 Å². The number of rotatable bonds is 7. The van der Waals surface area contributed by atoms with Gasteiger partial charge in [-0.25, -0.2) is 4.39 Å². The summed E-state index contributed by atoms with van der Waals surface area (Å²) in [6.45, 7) is 11.8. The van der Waals surface area contributed by atoms with Gasteiger partial charge in [0.2, 0.25) is 0 Å². The molecule has 204 valence electrons. The average Bonchev–Trinajstić information content (AvgIpc) is 2.84. The van der Waals surface area contributed by atoms with Crippen LogP contribution in [-0.2, 0) is 11.3 Å². The Labute approximate surface area is 222 Å². The summed E-state index contributed by atoms with van der Waals surface area (Å²) in [5.41, 5.74) is 2.66. The zero-order chi connectivity index (χ0) is 27.9. The van der Waals surface area contributed by atoms with Gasteiger partial charge in [-0.2, -0.15) is 0 Å². The number of aromatic nitrogens is 1. The monoisotopic (exact) mass is 536 g/mol. The number of hydrogen-bond donors (Lipinski definition) is 3. The number of nitrogens with one attached hydrogen (secondary N) is 2. The van der Waals surface area contributed by atoms with Crippen molar-refractivity contribution in [1.29, 1.82) is 0 Å². The molecule has 3 N–H and O–H groups in total. The molecule has 0 atom stereocenters. The van der Waals surface area contributed by atoms with Crippen LogP contribution in [0.5, 0.6) is 0 Å². The fourth-order valence-electron chi connectivity index (χ4n) is 4.93. The summed E-state index contributed by atoms with van der Waals surface area (Å²) in [5.74, 6) is -0.965. The molecule has 1 aliphatic heterocycles. The van der Waals surface area contributed by atoms with Crippen LogP contribution in [-0.4, -0.2) is 60.1 Å². The first-order valence-electron chi connectivity index (χ1n) is 12.5. The lowest BCUT2D eigenvalue weighted by Crippen LogP contribution is -2.44. The lowest BCUT2D eigenvalue weighted by atomic mass is 9.96. The maximum Gasteiger partial charge on any atom is 0.290 e. The quantitative estimate of drug-likeness (QED) is 0.451. The van der Waals surface area contributed by atoms with E-state index in [4.69, 9.17) is 21.5 Å². The first kappa shape index (κ1) is 30.3. The number of hydrogen-bond acceptors (Lipinski definition) is 5. The molecule has 1 amide bonds. The highest BCUT2D eigenvalue weighted by Crippen LogP contribution is 2.32. The molecule has 0 saturated carbocycles. The smallest absolute Gasteiger partial charge is 0.290 e. The van der Waals surface area contributed by atoms with E-state index in [0.717, 1.165) is 43.7 Å². The molecule has 1 aromatic heterocycles. The highest BCUT2D eigenvalue weighted by molar-refractivity contribution is 6.31. The van der Waals surface area contributed by atoms with Crippen LogP contribution in [0, 0.1) is 19.7 Å². The number of anilines is 1. The first-order chi connectivity index (χ1) is 17.5. The third-order valence-electron chi connectivity index (χ3n) is 6.84. The number of piperidine rings is 1. The Bertz CT molecular complexity index is 1160. The van der Waals surface area contributed by atoms with Crippen LogP contribution in [0.2, 0.25) is 5.02 Å². The molecule has 3 rings (SSSR count). The summed E-state index contributed by atoms with van der Waals surface area (Å²) < 4.78 is 14.7. The number of nitrogens with zero attached hydrogens (tertiary/aromatic N) is 2. The lowest BCUT2D eigenvalue weighted by Gasteiger charge is -2.39. The summed E-state index contributed by atoms with van der Waals surface area (Å²) in [6.07, 6.45) is 2.11. The van der Waals surface area contributed by atoms with Crippen molar-refractivity contribution in [2.24, 2.45) is 0 Å². The molecule has 0 spiro atoms. The zero-order valence-electron chi connectivity index (χ0n) is 22.5. The van der Waals surface area contributed by atoms with Crippen molar-refractivity contribution in [3.8, 4) is 0 Å². The number of pyridine rings is 1. The van der Waals surface area contributed by atoms with E-state index in [9.17, 15) is 14.0 Å². The van der Waals surface area contributed by atoms with Gasteiger partial charge in [-0.15, -0.1) is 0 Å². The molecular weight excluding hydrogens is 499 g/mol. The molecule has 37 heavy (non-hydrogen) atoms. The molecule has 1 aromatic carbocycles. The maximum atomic E-state index is 14.7. The van der Waals surface area contributed by atoms with Crippen molar-refractivity contribution in [3.63, 3.8) is 0 Å². The first-order valence-corrected chi connectivity index (χ1v) is 12.9. The summed E-state index contributed by atoms with van der Waals surface area (Å²) >= 11 is 6.46. The minimum absolute atomic E-state index is 0.0629. The van der Waals surface area contributed by atoms with E-state index in [0.29, 0.717) is 22.2 Å². The van der Waals surface area contributed by atoms with Gasteiger partial charge < -0.3 is 25.2 Å². The molecule has 0 unspecified atom stereocenters. The molecule has 0 radical (unpaired) electrons. The van der Waals surface area contributed by atoms with Gasteiger partial charge >= 0.3 is 0 Å². The number of benzene rings is 1. The Balaban J connectivity index is 0.00000153. The molecule has 8 nitrogen and oxygen atoms in total. The predicted octanol–water partition coefficient (Wildman–Crippen LogP) is 4.46. The van der Waals surface area contributed by atoms with Gasteiger partial charge in [-0.3, -0.25) is 14.4 Å². The van der Waals surface area contributed by atoms with Crippen molar-refractivity contribution in [3.05, 3.63) is 61.3 Å². The van der Waals surface area contributed by atoms with Crippen LogP contribution in [0.1, 0.15) is 72.3 Å². The van der Waals surface area contributed by atoms with Crippen LogP contribution in [0.3, 0.4) is 0 Å². The standard InChI is InChI=1S/C26H36ClFN4O2.CH2O2/c1-7-32(19-8-10-31(6)11-9-19)22-13-18(27)12-20(16(22)4)25(33)29-14-21-23(15(2)3)24(28)17(5)30-26(21)34;2-1-3/h12-13,15,19H,7-11,14H2,1-6H3,(H,29,33)(H,30,34);1H,(H,2,3). The molecular formula is C27H38ClFN4O4. The third kappa shape index (κ3) is 7.32. The van der Waals surface area contributed by atoms with Gasteiger partial charge in [-0.05, 0) is 77.4 Å². The largest absolute Gasteiger partial charge is 0.483 e. The second kappa shape index (κ2) is 13.6. The number of halogens is 2. The normalized spacial score (nSPS) is 14.2. The number of aromatic amines is 1.